The predicted molar refractivity (Wildman–Crippen MR) is 86.1 cm³/mol. The van der Waals surface area contributed by atoms with Crippen molar-refractivity contribution >= 4 is 16.7 Å². The molecular formula is C18H22N2O. The fourth-order valence-electron chi connectivity index (χ4n) is 3.02. The maximum Gasteiger partial charge on any atom is 0.226 e. The molecule has 0 radical (unpaired) electrons. The van der Waals surface area contributed by atoms with Crippen molar-refractivity contribution in [2.24, 2.45) is 11.7 Å². The van der Waals surface area contributed by atoms with Crippen LogP contribution in [0.25, 0.3) is 10.8 Å². The van der Waals surface area contributed by atoms with E-state index < -0.39 is 0 Å². The number of hydrogen-bond acceptors (Lipinski definition) is 2. The third kappa shape index (κ3) is 2.54. The molecule has 1 fully saturated rings. The molecule has 1 aliphatic rings. The fourth-order valence-corrected chi connectivity index (χ4v) is 3.02. The van der Waals surface area contributed by atoms with Gasteiger partial charge in [0.15, 0.2) is 0 Å². The summed E-state index contributed by atoms with van der Waals surface area (Å²) in [6.07, 6.45) is 0.953. The molecule has 2 N–H and O–H groups in total. The zero-order valence-corrected chi connectivity index (χ0v) is 12.6. The first kappa shape index (κ1) is 14.1. The van der Waals surface area contributed by atoms with Gasteiger partial charge in [0.1, 0.15) is 0 Å². The summed E-state index contributed by atoms with van der Waals surface area (Å²) >= 11 is 0. The van der Waals surface area contributed by atoms with E-state index in [2.05, 4.69) is 42.5 Å². The SMILES string of the molecule is C[C@H](CN)N(C)C(=O)[C@H]1C[C@@H]1c1cccc2ccccc12. The van der Waals surface area contributed by atoms with E-state index in [1.807, 2.05) is 14.0 Å². The van der Waals surface area contributed by atoms with E-state index in [0.717, 1.165) is 6.42 Å². The van der Waals surface area contributed by atoms with Crippen molar-refractivity contribution in [1.29, 1.82) is 0 Å². The summed E-state index contributed by atoms with van der Waals surface area (Å²) < 4.78 is 0. The smallest absolute Gasteiger partial charge is 0.226 e. The van der Waals surface area contributed by atoms with Gasteiger partial charge >= 0.3 is 0 Å². The van der Waals surface area contributed by atoms with Gasteiger partial charge in [0.25, 0.3) is 0 Å². The standard InChI is InChI=1S/C18H22N2O/c1-12(11-19)20(2)18(21)17-10-16(17)15-9-5-7-13-6-3-4-8-14(13)15/h3-9,12,16-17H,10-11,19H2,1-2H3/t12-,16-,17+/m1/s1. The molecule has 2 aromatic rings. The number of likely N-dealkylation sites (N-methyl/N-ethyl adjacent to an activating group) is 1. The summed E-state index contributed by atoms with van der Waals surface area (Å²) in [5.74, 6) is 0.705. The number of benzene rings is 2. The third-order valence-corrected chi connectivity index (χ3v) is 4.68. The van der Waals surface area contributed by atoms with Crippen molar-refractivity contribution in [1.82, 2.24) is 4.90 Å². The summed E-state index contributed by atoms with van der Waals surface area (Å²) in [6, 6.07) is 14.9. The number of carbonyl (C=O) groups is 1. The lowest BCUT2D eigenvalue weighted by atomic mass is 10.00. The number of amides is 1. The van der Waals surface area contributed by atoms with Gasteiger partial charge in [-0.3, -0.25) is 4.79 Å². The summed E-state index contributed by atoms with van der Waals surface area (Å²) in [7, 11) is 1.86. The highest BCUT2D eigenvalue weighted by molar-refractivity contribution is 5.89. The van der Waals surface area contributed by atoms with Gasteiger partial charge in [-0.2, -0.15) is 0 Å². The average Bonchev–Trinajstić information content (AvgIpc) is 3.32. The van der Waals surface area contributed by atoms with Crippen molar-refractivity contribution in [3.05, 3.63) is 48.0 Å². The molecule has 0 aliphatic heterocycles. The summed E-state index contributed by atoms with van der Waals surface area (Å²) in [5.41, 5.74) is 6.96. The Kier molecular flexibility index (Phi) is 3.68. The Morgan fingerprint density at radius 2 is 2.00 bits per heavy atom. The van der Waals surface area contributed by atoms with Gasteiger partial charge in [-0.25, -0.2) is 0 Å². The van der Waals surface area contributed by atoms with Crippen LogP contribution in [-0.2, 0) is 4.79 Å². The summed E-state index contributed by atoms with van der Waals surface area (Å²) in [5, 5.41) is 2.52. The van der Waals surface area contributed by atoms with Crippen molar-refractivity contribution < 1.29 is 4.79 Å². The van der Waals surface area contributed by atoms with Gasteiger partial charge in [-0.05, 0) is 35.6 Å². The normalized spacial score (nSPS) is 22.0. The number of fused-ring (bicyclic) bond motifs is 1. The highest BCUT2D eigenvalue weighted by Crippen LogP contribution is 2.50. The molecular weight excluding hydrogens is 260 g/mol. The van der Waals surface area contributed by atoms with Crippen LogP contribution in [0, 0.1) is 5.92 Å². The maximum atomic E-state index is 12.5. The largest absolute Gasteiger partial charge is 0.342 e. The molecule has 110 valence electrons. The van der Waals surface area contributed by atoms with Crippen LogP contribution in [0.1, 0.15) is 24.8 Å². The van der Waals surface area contributed by atoms with E-state index in [1.54, 1.807) is 4.90 Å². The molecule has 3 nitrogen and oxygen atoms in total. The molecule has 3 atom stereocenters. The van der Waals surface area contributed by atoms with Crippen LogP contribution in [-0.4, -0.2) is 30.4 Å². The number of nitrogens with two attached hydrogens (primary N) is 1. The average molecular weight is 282 g/mol. The predicted octanol–water partition coefficient (Wildman–Crippen LogP) is 2.75. The van der Waals surface area contributed by atoms with E-state index >= 15 is 0 Å². The highest BCUT2D eigenvalue weighted by atomic mass is 16.2. The molecule has 0 spiro atoms. The maximum absolute atomic E-state index is 12.5. The quantitative estimate of drug-likeness (QED) is 0.937. The van der Waals surface area contributed by atoms with Crippen LogP contribution < -0.4 is 5.73 Å². The van der Waals surface area contributed by atoms with Gasteiger partial charge in [0, 0.05) is 25.6 Å². The molecule has 0 saturated heterocycles. The van der Waals surface area contributed by atoms with E-state index in [1.165, 1.54) is 16.3 Å². The zero-order chi connectivity index (χ0) is 15.0. The van der Waals surface area contributed by atoms with Gasteiger partial charge in [-0.15, -0.1) is 0 Å². The fraction of sp³-hybridized carbons (Fsp3) is 0.389. The number of carbonyl (C=O) groups excluding carboxylic acids is 1. The molecule has 0 aromatic heterocycles. The number of rotatable bonds is 4. The summed E-state index contributed by atoms with van der Waals surface area (Å²) in [4.78, 5) is 14.3. The van der Waals surface area contributed by atoms with Crippen LogP contribution in [0.2, 0.25) is 0 Å². The van der Waals surface area contributed by atoms with E-state index in [4.69, 9.17) is 5.73 Å². The van der Waals surface area contributed by atoms with Crippen LogP contribution in [0.5, 0.6) is 0 Å². The zero-order valence-electron chi connectivity index (χ0n) is 12.6. The lowest BCUT2D eigenvalue weighted by Gasteiger charge is -2.23. The first-order chi connectivity index (χ1) is 10.1. The molecule has 2 aromatic carbocycles. The van der Waals surface area contributed by atoms with E-state index in [-0.39, 0.29) is 17.9 Å². The van der Waals surface area contributed by atoms with Crippen LogP contribution in [0.15, 0.2) is 42.5 Å². The molecule has 1 amide bonds. The molecule has 21 heavy (non-hydrogen) atoms. The van der Waals surface area contributed by atoms with E-state index in [0.29, 0.717) is 12.5 Å². The molecule has 3 heteroatoms. The Bertz CT molecular complexity index is 662. The minimum atomic E-state index is 0.103. The first-order valence-corrected chi connectivity index (χ1v) is 7.58. The number of hydrogen-bond donors (Lipinski definition) is 1. The number of nitrogens with zero attached hydrogens (tertiary/aromatic N) is 1. The second-order valence-electron chi connectivity index (χ2n) is 6.05. The minimum absolute atomic E-state index is 0.103. The Hall–Kier alpha value is -1.87. The third-order valence-electron chi connectivity index (χ3n) is 4.68. The van der Waals surface area contributed by atoms with Crippen molar-refractivity contribution in [3.8, 4) is 0 Å². The highest BCUT2D eigenvalue weighted by Gasteiger charge is 2.46. The van der Waals surface area contributed by atoms with Crippen molar-refractivity contribution in [2.75, 3.05) is 13.6 Å². The molecule has 0 heterocycles. The Labute approximate surface area is 125 Å². The molecule has 1 saturated carbocycles. The van der Waals surface area contributed by atoms with Crippen LogP contribution >= 0.6 is 0 Å². The first-order valence-electron chi connectivity index (χ1n) is 7.58. The van der Waals surface area contributed by atoms with Crippen molar-refractivity contribution in [3.63, 3.8) is 0 Å². The summed E-state index contributed by atoms with van der Waals surface area (Å²) in [6.45, 7) is 2.50. The van der Waals surface area contributed by atoms with Crippen molar-refractivity contribution in [2.45, 2.75) is 25.3 Å². The van der Waals surface area contributed by atoms with E-state index in [9.17, 15) is 4.79 Å². The lowest BCUT2D eigenvalue weighted by molar-refractivity contribution is -0.132. The topological polar surface area (TPSA) is 46.3 Å². The van der Waals surface area contributed by atoms with Crippen LogP contribution in [0.3, 0.4) is 0 Å². The second kappa shape index (κ2) is 5.49. The molecule has 0 bridgehead atoms. The van der Waals surface area contributed by atoms with Gasteiger partial charge < -0.3 is 10.6 Å². The van der Waals surface area contributed by atoms with Gasteiger partial charge in [0.05, 0.1) is 0 Å². The van der Waals surface area contributed by atoms with Crippen LogP contribution in [0.4, 0.5) is 0 Å². The lowest BCUT2D eigenvalue weighted by Crippen LogP contribution is -2.40. The monoisotopic (exact) mass is 282 g/mol. The molecule has 3 rings (SSSR count). The second-order valence-corrected chi connectivity index (χ2v) is 6.05. The minimum Gasteiger partial charge on any atom is -0.342 e. The molecule has 0 unspecified atom stereocenters. The van der Waals surface area contributed by atoms with Gasteiger partial charge in [0.2, 0.25) is 5.91 Å². The Morgan fingerprint density at radius 3 is 2.76 bits per heavy atom. The Morgan fingerprint density at radius 1 is 1.29 bits per heavy atom. The molecule has 1 aliphatic carbocycles. The van der Waals surface area contributed by atoms with Gasteiger partial charge in [-0.1, -0.05) is 42.5 Å². The Balaban J connectivity index is 1.82.